The van der Waals surface area contributed by atoms with E-state index in [9.17, 15) is 0 Å². The van der Waals surface area contributed by atoms with Gasteiger partial charge in [0.15, 0.2) is 0 Å². The van der Waals surface area contributed by atoms with Gasteiger partial charge in [-0.2, -0.15) is 0 Å². The topological polar surface area (TPSA) is 18.5 Å². The molecule has 0 spiro atoms. The van der Waals surface area contributed by atoms with Gasteiger partial charge < -0.3 is 9.47 Å². The molecule has 8 atom stereocenters. The van der Waals surface area contributed by atoms with Gasteiger partial charge >= 0.3 is 0 Å². The van der Waals surface area contributed by atoms with E-state index < -0.39 is 0 Å². The summed E-state index contributed by atoms with van der Waals surface area (Å²) in [5, 5.41) is 1.01. The van der Waals surface area contributed by atoms with E-state index in [-0.39, 0.29) is 0 Å². The van der Waals surface area contributed by atoms with Gasteiger partial charge in [-0.1, -0.05) is 78.4 Å². The quantitative estimate of drug-likeness (QED) is 0.248. The van der Waals surface area contributed by atoms with Crippen molar-refractivity contribution in [2.24, 2.45) is 23.7 Å². The van der Waals surface area contributed by atoms with Crippen molar-refractivity contribution >= 4 is 23.5 Å². The Labute approximate surface area is 207 Å². The van der Waals surface area contributed by atoms with Crippen molar-refractivity contribution in [3.05, 3.63) is 22.0 Å². The molecule has 184 valence electrons. The number of ether oxygens (including phenoxy) is 2. The highest BCUT2D eigenvalue weighted by Gasteiger charge is 2.54. The Bertz CT molecular complexity index is 577. The molecule has 0 radical (unpaired) electrons. The Morgan fingerprint density at radius 1 is 0.719 bits per heavy atom. The maximum atomic E-state index is 6.84. The number of allylic oxidation sites excluding steroid dienone is 2. The minimum absolute atomic E-state index is 0.311. The number of hydrogen-bond donors (Lipinski definition) is 0. The van der Waals surface area contributed by atoms with Crippen LogP contribution in [0.15, 0.2) is 22.0 Å². The van der Waals surface area contributed by atoms with Crippen LogP contribution < -0.4 is 0 Å². The lowest BCUT2D eigenvalue weighted by Crippen LogP contribution is -2.55. The number of thioether (sulfide) groups is 2. The van der Waals surface area contributed by atoms with Crippen molar-refractivity contribution in [3.63, 3.8) is 0 Å². The molecule has 0 aromatic rings. The van der Waals surface area contributed by atoms with Gasteiger partial charge in [0.05, 0.1) is 12.2 Å². The van der Waals surface area contributed by atoms with Gasteiger partial charge in [-0.3, -0.25) is 0 Å². The molecular formula is C28H48O2S2. The van der Waals surface area contributed by atoms with E-state index in [2.05, 4.69) is 77.2 Å². The number of rotatable bonds is 14. The fourth-order valence-electron chi connectivity index (χ4n) is 5.67. The van der Waals surface area contributed by atoms with Crippen molar-refractivity contribution in [3.8, 4) is 0 Å². The Balaban J connectivity index is 1.72. The van der Waals surface area contributed by atoms with E-state index in [1.165, 1.54) is 61.2 Å². The zero-order valence-electron chi connectivity index (χ0n) is 21.5. The normalized spacial score (nSPS) is 33.4. The zero-order valence-corrected chi connectivity index (χ0v) is 23.1. The molecule has 2 heterocycles. The lowest BCUT2D eigenvalue weighted by molar-refractivity contribution is -0.0753. The molecule has 0 aromatic heterocycles. The molecule has 32 heavy (non-hydrogen) atoms. The average Bonchev–Trinajstić information content (AvgIpc) is 3.36. The smallest absolute Gasteiger partial charge is 0.0778 e. The minimum atomic E-state index is 0.311. The van der Waals surface area contributed by atoms with Crippen LogP contribution in [0.5, 0.6) is 0 Å². The Morgan fingerprint density at radius 3 is 1.47 bits per heavy atom. The highest BCUT2D eigenvalue weighted by Crippen LogP contribution is 2.55. The second kappa shape index (κ2) is 13.3. The highest BCUT2D eigenvalue weighted by atomic mass is 32.2. The second-order valence-electron chi connectivity index (χ2n) is 10.3. The SMILES string of the molecule is CCCCC(CC)COC1C2C=C(C)SC2C(OCC(CC)CCCC)C2C=C(C)SC21. The van der Waals surface area contributed by atoms with Gasteiger partial charge in [0.2, 0.25) is 0 Å². The van der Waals surface area contributed by atoms with E-state index in [1.54, 1.807) is 0 Å². The van der Waals surface area contributed by atoms with E-state index in [1.807, 2.05) is 0 Å². The minimum Gasteiger partial charge on any atom is -0.376 e. The first-order chi connectivity index (χ1) is 15.5. The third-order valence-electron chi connectivity index (χ3n) is 7.80. The fourth-order valence-corrected chi connectivity index (χ4v) is 8.57. The second-order valence-corrected chi connectivity index (χ2v) is 13.2. The van der Waals surface area contributed by atoms with Crippen LogP contribution >= 0.6 is 23.5 Å². The first kappa shape index (κ1) is 26.7. The van der Waals surface area contributed by atoms with E-state index in [0.29, 0.717) is 46.4 Å². The first-order valence-corrected chi connectivity index (χ1v) is 15.2. The summed E-state index contributed by atoms with van der Waals surface area (Å²) in [5.74, 6) is 2.36. The summed E-state index contributed by atoms with van der Waals surface area (Å²) in [6.45, 7) is 15.7. The fraction of sp³-hybridized carbons (Fsp3) is 0.857. The summed E-state index contributed by atoms with van der Waals surface area (Å²) in [4.78, 5) is 2.92. The monoisotopic (exact) mass is 480 g/mol. The molecule has 1 fully saturated rings. The molecule has 0 saturated heterocycles. The lowest BCUT2D eigenvalue weighted by Gasteiger charge is -2.46. The molecule has 3 rings (SSSR count). The van der Waals surface area contributed by atoms with Crippen molar-refractivity contribution in [2.45, 2.75) is 116 Å². The van der Waals surface area contributed by atoms with Gasteiger partial charge in [-0.05, 0) is 48.3 Å². The van der Waals surface area contributed by atoms with Crippen LogP contribution in [0.2, 0.25) is 0 Å². The maximum absolute atomic E-state index is 6.84. The van der Waals surface area contributed by atoms with Crippen LogP contribution in [0, 0.1) is 23.7 Å². The molecule has 0 aromatic carbocycles. The predicted molar refractivity (Wildman–Crippen MR) is 143 cm³/mol. The molecule has 0 bridgehead atoms. The Kier molecular flexibility index (Phi) is 11.1. The summed E-state index contributed by atoms with van der Waals surface area (Å²) in [7, 11) is 0. The standard InChI is InChI=1S/C28H48O2S2/c1-7-11-13-21(9-3)17-29-25-23-15-19(5)32-28(23)26(24-16-20(6)31-27(24)25)30-18-22(10-4)14-12-8-2/h15-16,21-28H,7-14,17-18H2,1-6H3. The number of hydrogen-bond acceptors (Lipinski definition) is 4. The Hall–Kier alpha value is 0.1000. The average molecular weight is 481 g/mol. The van der Waals surface area contributed by atoms with Gasteiger partial charge in [-0.15, -0.1) is 23.5 Å². The van der Waals surface area contributed by atoms with E-state index in [4.69, 9.17) is 9.47 Å². The molecular weight excluding hydrogens is 432 g/mol. The van der Waals surface area contributed by atoms with Crippen LogP contribution in [-0.4, -0.2) is 35.9 Å². The summed E-state index contributed by atoms with van der Waals surface area (Å²) in [5.41, 5.74) is 0. The van der Waals surface area contributed by atoms with Crippen LogP contribution in [0.4, 0.5) is 0 Å². The number of fused-ring (bicyclic) bond motifs is 2. The largest absolute Gasteiger partial charge is 0.376 e. The van der Waals surface area contributed by atoms with Crippen molar-refractivity contribution < 1.29 is 9.47 Å². The molecule has 1 saturated carbocycles. The third-order valence-corrected chi connectivity index (χ3v) is 10.5. The molecule has 8 unspecified atom stereocenters. The number of unbranched alkanes of at least 4 members (excludes halogenated alkanes) is 2. The summed E-state index contributed by atoms with van der Waals surface area (Å²) >= 11 is 4.12. The highest BCUT2D eigenvalue weighted by molar-refractivity contribution is 8.04. The maximum Gasteiger partial charge on any atom is 0.0778 e. The first-order valence-electron chi connectivity index (χ1n) is 13.5. The summed E-state index contributed by atoms with van der Waals surface area (Å²) < 4.78 is 13.7. The van der Waals surface area contributed by atoms with Gasteiger partial charge in [0.25, 0.3) is 0 Å². The van der Waals surface area contributed by atoms with E-state index >= 15 is 0 Å². The molecule has 1 aliphatic carbocycles. The van der Waals surface area contributed by atoms with Crippen molar-refractivity contribution in [2.75, 3.05) is 13.2 Å². The van der Waals surface area contributed by atoms with Crippen molar-refractivity contribution in [1.29, 1.82) is 0 Å². The molecule has 4 heteroatoms. The Morgan fingerprint density at radius 2 is 1.12 bits per heavy atom. The van der Waals surface area contributed by atoms with Gasteiger partial charge in [-0.25, -0.2) is 0 Å². The molecule has 0 amide bonds. The summed E-state index contributed by atoms with van der Waals surface area (Å²) in [6.07, 6.45) is 15.9. The molecule has 2 nitrogen and oxygen atoms in total. The van der Waals surface area contributed by atoms with Crippen LogP contribution in [0.3, 0.4) is 0 Å². The van der Waals surface area contributed by atoms with Crippen molar-refractivity contribution in [1.82, 2.24) is 0 Å². The predicted octanol–water partition coefficient (Wildman–Crippen LogP) is 8.47. The van der Waals surface area contributed by atoms with Crippen LogP contribution in [0.25, 0.3) is 0 Å². The molecule has 0 N–H and O–H groups in total. The van der Waals surface area contributed by atoms with Crippen LogP contribution in [-0.2, 0) is 9.47 Å². The lowest BCUT2D eigenvalue weighted by atomic mass is 9.76. The van der Waals surface area contributed by atoms with Gasteiger partial charge in [0, 0.05) is 35.5 Å². The summed E-state index contributed by atoms with van der Waals surface area (Å²) in [6, 6.07) is 0. The van der Waals surface area contributed by atoms with Crippen LogP contribution in [0.1, 0.15) is 92.9 Å². The van der Waals surface area contributed by atoms with Gasteiger partial charge in [0.1, 0.15) is 0 Å². The molecule has 3 aliphatic rings. The zero-order chi connectivity index (χ0) is 23.1. The van der Waals surface area contributed by atoms with E-state index in [0.717, 1.165) is 13.2 Å². The molecule has 2 aliphatic heterocycles. The third kappa shape index (κ3) is 6.61.